The summed E-state index contributed by atoms with van der Waals surface area (Å²) in [6.45, 7) is 0. The van der Waals surface area contributed by atoms with Crippen molar-refractivity contribution in [3.63, 3.8) is 0 Å². The maximum absolute atomic E-state index is 7.02. The van der Waals surface area contributed by atoms with E-state index in [0.29, 0.717) is 23.0 Å². The molecule has 3 aliphatic rings. The minimum Gasteiger partial charge on any atom is -0.458 e. The van der Waals surface area contributed by atoms with Crippen LogP contribution in [0.3, 0.4) is 0 Å². The third-order valence-corrected chi connectivity index (χ3v) is 39.4. The lowest BCUT2D eigenvalue weighted by molar-refractivity contribution is 0.361. The zero-order valence-corrected chi connectivity index (χ0v) is 79.6. The highest BCUT2D eigenvalue weighted by molar-refractivity contribution is 7.21. The van der Waals surface area contributed by atoms with Crippen LogP contribution in [0.5, 0.6) is 46.0 Å². The van der Waals surface area contributed by atoms with E-state index in [1.165, 1.54) is 95.9 Å². The number of ether oxygens (including phenoxy) is 4. The first kappa shape index (κ1) is 82.4. The second-order valence-corrected chi connectivity index (χ2v) is 44.8. The molecule has 0 unspecified atom stereocenters. The standard InChI is InChI=1S/2C48H31NO2Si.C36H21NO3/c1-3-15-33(16-4-1)52(34-17-5-2-6-18-34)45-27-12-11-26-44(45)51-48-38(23-14-28-46(48)52)37-21-13-22-39-40-31-32(29-30-43(40)50-47(37)39)49-41-24-9-7-19-35(41)36-20-8-10-25-42(36)49;1-3-14-34(15-4-1)52(35-16-5-2-6-17-35)46-25-12-11-24-44(46)50-45-28-26-32(30-47(45)52)36-20-13-21-39-40-31-33(27-29-43(40)51-48(36)39)49-41-22-9-7-18-37(41)38-19-8-10-23-42(38)49;1-4-14-29-23(10-1)24-11-2-5-15-30(24)37(29)22-20-27-25-12-3-6-16-31(25)39-35(27)28(21-22)26-13-9-19-34-36(26)40-33-18-8-7-17-32(33)38-34/h2*1-31H;1-21H. The lowest BCUT2D eigenvalue weighted by Crippen LogP contribution is -2.76. The van der Waals surface area contributed by atoms with E-state index in [4.69, 9.17) is 32.2 Å². The average Bonchev–Trinajstić information content (AvgIpc) is 1.00. The first-order chi connectivity index (χ1) is 71.4. The first-order valence-corrected chi connectivity index (χ1v) is 52.9. The van der Waals surface area contributed by atoms with Crippen molar-refractivity contribution < 1.29 is 32.2 Å². The molecule has 6 aromatic heterocycles. The molecule has 0 fully saturated rings. The molecule has 0 bridgehead atoms. The minimum absolute atomic E-state index is 0.683. The van der Waals surface area contributed by atoms with Gasteiger partial charge in [-0.2, -0.15) is 0 Å². The second kappa shape index (κ2) is 33.0. The van der Waals surface area contributed by atoms with Crippen molar-refractivity contribution >= 4 is 189 Å². The van der Waals surface area contributed by atoms with Crippen LogP contribution in [0.4, 0.5) is 0 Å². The molecule has 0 N–H and O–H groups in total. The van der Waals surface area contributed by atoms with Crippen LogP contribution in [-0.4, -0.2) is 29.8 Å². The van der Waals surface area contributed by atoms with Crippen LogP contribution >= 0.6 is 0 Å². The second-order valence-electron chi connectivity index (χ2n) is 37.3. The van der Waals surface area contributed by atoms with Crippen LogP contribution < -0.4 is 60.4 Å². The summed E-state index contributed by atoms with van der Waals surface area (Å²) in [4.78, 5) is 0. The van der Waals surface area contributed by atoms with Crippen molar-refractivity contribution in [2.75, 3.05) is 0 Å². The number of benzene rings is 22. The predicted molar refractivity (Wildman–Crippen MR) is 594 cm³/mol. The van der Waals surface area contributed by atoms with Gasteiger partial charge in [0.25, 0.3) is 0 Å². The Morgan fingerprint density at radius 2 is 0.479 bits per heavy atom. The Kier molecular flexibility index (Phi) is 18.9. The number of rotatable bonds is 10. The van der Waals surface area contributed by atoms with Crippen LogP contribution in [0.1, 0.15) is 0 Å². The van der Waals surface area contributed by atoms with Gasteiger partial charge in [-0.05, 0) is 174 Å². The Bertz CT molecular complexity index is 9760. The number of furan rings is 3. The monoisotopic (exact) mass is 1880 g/mol. The number of para-hydroxylation sites is 15. The molecule has 0 aliphatic carbocycles. The summed E-state index contributed by atoms with van der Waals surface area (Å²) in [6, 6.07) is 179. The number of nitrogens with zero attached hydrogens (tertiary/aromatic N) is 3. The zero-order chi connectivity index (χ0) is 94.7. The van der Waals surface area contributed by atoms with Crippen LogP contribution in [0.25, 0.3) is 182 Å². The normalized spacial score (nSPS) is 13.1. The molecule has 9 heterocycles. The highest BCUT2D eigenvalue weighted by Gasteiger charge is 2.50. The molecule has 0 atom stereocenters. The van der Waals surface area contributed by atoms with Gasteiger partial charge in [-0.25, -0.2) is 0 Å². The molecule has 10 nitrogen and oxygen atoms in total. The average molecular weight is 1880 g/mol. The minimum atomic E-state index is -2.78. The quantitative estimate of drug-likeness (QED) is 0.126. The fraction of sp³-hybridized carbons (Fsp3) is 0. The summed E-state index contributed by atoms with van der Waals surface area (Å²) in [5.41, 5.74) is 21.6. The van der Waals surface area contributed by atoms with Gasteiger partial charge in [0.2, 0.25) is 0 Å². The number of hydrogen-bond acceptors (Lipinski definition) is 7. The Hall–Kier alpha value is -18.7. The van der Waals surface area contributed by atoms with Gasteiger partial charge in [0, 0.05) is 110 Å². The molecular formula is C132H83N3O7Si2. The van der Waals surface area contributed by atoms with E-state index in [0.717, 1.165) is 150 Å². The van der Waals surface area contributed by atoms with Gasteiger partial charge in [-0.3, -0.25) is 0 Å². The van der Waals surface area contributed by atoms with Gasteiger partial charge in [-0.1, -0.05) is 376 Å². The lowest BCUT2D eigenvalue weighted by Gasteiger charge is -2.40. The zero-order valence-electron chi connectivity index (χ0n) is 77.6. The Morgan fingerprint density at radius 1 is 0.160 bits per heavy atom. The summed E-state index contributed by atoms with van der Waals surface area (Å²) >= 11 is 0. The molecule has 0 saturated heterocycles. The highest BCUT2D eigenvalue weighted by atomic mass is 28.3. The SMILES string of the molecule is c1ccc([Si]2(c3ccccc3)c3ccccc3Oc3c(-c4cccc5c4oc4ccc(-n6c7ccccc7c7ccccc76)cc45)cccc32)cc1.c1ccc([Si]2(c3ccccc3)c3ccccc3Oc3ccc(-c4cccc5c4oc4ccc(-n6c7ccccc7c7ccccc76)cc45)cc32)cc1.c1ccc2c(c1)Oc1cccc(-c3cc(-n4c5ccccc5c5ccccc54)cc4c3oc3ccccc34)c1O2. The van der Waals surface area contributed by atoms with Gasteiger partial charge < -0.3 is 45.9 Å². The first-order valence-electron chi connectivity index (χ1n) is 48.9. The molecule has 0 radical (unpaired) electrons. The van der Waals surface area contributed by atoms with Gasteiger partial charge >= 0.3 is 0 Å². The van der Waals surface area contributed by atoms with Crippen LogP contribution in [-0.2, 0) is 0 Å². The smallest absolute Gasteiger partial charge is 0.188 e. The third kappa shape index (κ3) is 12.6. The summed E-state index contributed by atoms with van der Waals surface area (Å²) in [5, 5.41) is 24.3. The predicted octanol–water partition coefficient (Wildman–Crippen LogP) is 29.9. The molecule has 28 aromatic rings. The molecule has 676 valence electrons. The maximum Gasteiger partial charge on any atom is 0.188 e. The maximum atomic E-state index is 7.02. The Balaban J connectivity index is 0.000000104. The van der Waals surface area contributed by atoms with Crippen LogP contribution in [0.2, 0.25) is 0 Å². The fourth-order valence-corrected chi connectivity index (χ4v) is 33.6. The number of aromatic nitrogens is 3. The lowest BCUT2D eigenvalue weighted by atomic mass is 9.99. The molecule has 3 aliphatic heterocycles. The molecule has 22 aromatic carbocycles. The summed E-state index contributed by atoms with van der Waals surface area (Å²) < 4.78 is 53.7. The van der Waals surface area contributed by atoms with Crippen molar-refractivity contribution in [1.82, 2.24) is 13.7 Å². The van der Waals surface area contributed by atoms with E-state index in [1.54, 1.807) is 0 Å². The van der Waals surface area contributed by atoms with Crippen molar-refractivity contribution in [2.45, 2.75) is 0 Å². The number of fused-ring (bicyclic) bond motifs is 24. The van der Waals surface area contributed by atoms with Gasteiger partial charge in [0.05, 0.1) is 33.1 Å². The van der Waals surface area contributed by atoms with Crippen molar-refractivity contribution in [1.29, 1.82) is 0 Å². The van der Waals surface area contributed by atoms with Gasteiger partial charge in [0.15, 0.2) is 39.1 Å². The summed E-state index contributed by atoms with van der Waals surface area (Å²) in [5.74, 6) is 6.43. The van der Waals surface area contributed by atoms with Crippen molar-refractivity contribution in [3.05, 3.63) is 504 Å². The van der Waals surface area contributed by atoms with Gasteiger partial charge in [-0.15, -0.1) is 0 Å². The van der Waals surface area contributed by atoms with E-state index < -0.39 is 16.1 Å². The fourth-order valence-electron chi connectivity index (χ4n) is 23.6. The van der Waals surface area contributed by atoms with E-state index in [1.807, 2.05) is 48.5 Å². The Morgan fingerprint density at radius 3 is 0.979 bits per heavy atom. The third-order valence-electron chi connectivity index (χ3n) is 29.7. The van der Waals surface area contributed by atoms with Crippen LogP contribution in [0.15, 0.2) is 517 Å². The van der Waals surface area contributed by atoms with E-state index >= 15 is 0 Å². The molecule has 12 heteroatoms. The molecule has 144 heavy (non-hydrogen) atoms. The largest absolute Gasteiger partial charge is 0.458 e. The van der Waals surface area contributed by atoms with E-state index in [2.05, 4.69) is 469 Å². The van der Waals surface area contributed by atoms with E-state index in [9.17, 15) is 0 Å². The van der Waals surface area contributed by atoms with E-state index in [-0.39, 0.29) is 0 Å². The molecular weight excluding hydrogens is 1800 g/mol. The van der Waals surface area contributed by atoms with Crippen molar-refractivity contribution in [2.24, 2.45) is 0 Å². The molecule has 0 saturated carbocycles. The highest BCUT2D eigenvalue weighted by Crippen LogP contribution is 2.53. The van der Waals surface area contributed by atoms with Gasteiger partial charge in [0.1, 0.15) is 56.5 Å². The molecule has 31 rings (SSSR count). The molecule has 0 spiro atoms. The van der Waals surface area contributed by atoms with Crippen molar-refractivity contribution in [3.8, 4) is 96.4 Å². The number of hydrogen-bond donors (Lipinski definition) is 0. The molecule has 0 amide bonds. The topological polar surface area (TPSA) is 91.1 Å². The summed E-state index contributed by atoms with van der Waals surface area (Å²) in [6.07, 6.45) is 0. The summed E-state index contributed by atoms with van der Waals surface area (Å²) in [7, 11) is -5.56. The van der Waals surface area contributed by atoms with Crippen LogP contribution in [0, 0.1) is 0 Å². The Labute approximate surface area is 828 Å².